The molecule has 3 rings (SSSR count). The van der Waals surface area contributed by atoms with E-state index in [9.17, 15) is 4.79 Å². The van der Waals surface area contributed by atoms with Crippen LogP contribution in [0.4, 0.5) is 11.7 Å². The number of aromatic nitrogens is 1. The second-order valence-electron chi connectivity index (χ2n) is 4.44. The molecule has 0 saturated heterocycles. The van der Waals surface area contributed by atoms with Gasteiger partial charge in [-0.15, -0.1) is 0 Å². The summed E-state index contributed by atoms with van der Waals surface area (Å²) in [5.41, 5.74) is 7.59. The van der Waals surface area contributed by atoms with Crippen molar-refractivity contribution in [1.29, 1.82) is 0 Å². The second kappa shape index (κ2) is 4.21. The Balaban J connectivity index is 1.64. The van der Waals surface area contributed by atoms with E-state index in [0.29, 0.717) is 28.8 Å². The van der Waals surface area contributed by atoms with Crippen molar-refractivity contribution in [2.24, 2.45) is 0 Å². The average molecular weight is 246 g/mol. The Morgan fingerprint density at radius 3 is 3.11 bits per heavy atom. The lowest BCUT2D eigenvalue weighted by molar-refractivity contribution is -0.119. The predicted octanol–water partition coefficient (Wildman–Crippen LogP) is 1.10. The van der Waals surface area contributed by atoms with Crippen LogP contribution in [0.25, 0.3) is 11.1 Å². The number of nitrogens with two attached hydrogens (primary N) is 1. The second-order valence-corrected chi connectivity index (χ2v) is 4.44. The van der Waals surface area contributed by atoms with Gasteiger partial charge in [0.05, 0.1) is 6.54 Å². The highest BCUT2D eigenvalue weighted by Crippen LogP contribution is 2.21. The lowest BCUT2D eigenvalue weighted by Gasteiger charge is -2.02. The zero-order chi connectivity index (χ0) is 12.5. The first kappa shape index (κ1) is 10.9. The number of nitrogens with zero attached hydrogens (tertiary/aromatic N) is 1. The van der Waals surface area contributed by atoms with E-state index in [1.54, 1.807) is 18.2 Å². The van der Waals surface area contributed by atoms with E-state index < -0.39 is 0 Å². The summed E-state index contributed by atoms with van der Waals surface area (Å²) >= 11 is 0. The fourth-order valence-corrected chi connectivity index (χ4v) is 1.68. The zero-order valence-corrected chi connectivity index (χ0v) is 9.77. The van der Waals surface area contributed by atoms with E-state index in [0.717, 1.165) is 12.8 Å². The largest absolute Gasteiger partial charge is 0.423 e. The molecule has 0 atom stereocenters. The smallest absolute Gasteiger partial charge is 0.296 e. The maximum Gasteiger partial charge on any atom is 0.296 e. The zero-order valence-electron chi connectivity index (χ0n) is 9.77. The molecule has 1 aromatic heterocycles. The molecule has 6 nitrogen and oxygen atoms in total. The maximum atomic E-state index is 11.5. The number of anilines is 2. The first-order chi connectivity index (χ1) is 8.70. The first-order valence-electron chi connectivity index (χ1n) is 5.90. The summed E-state index contributed by atoms with van der Waals surface area (Å²) in [5, 5.41) is 5.73. The van der Waals surface area contributed by atoms with Crippen molar-refractivity contribution in [3.63, 3.8) is 0 Å². The molecule has 2 aromatic rings. The number of benzene rings is 1. The fraction of sp³-hybridized carbons (Fsp3) is 0.333. The van der Waals surface area contributed by atoms with Gasteiger partial charge in [0, 0.05) is 17.8 Å². The third-order valence-corrected chi connectivity index (χ3v) is 2.76. The van der Waals surface area contributed by atoms with Gasteiger partial charge in [0.1, 0.15) is 5.52 Å². The molecule has 94 valence electrons. The van der Waals surface area contributed by atoms with Gasteiger partial charge in [0.15, 0.2) is 5.58 Å². The van der Waals surface area contributed by atoms with Gasteiger partial charge < -0.3 is 20.8 Å². The Labute approximate surface area is 104 Å². The molecule has 6 heteroatoms. The number of fused-ring (bicyclic) bond motifs is 1. The van der Waals surface area contributed by atoms with Gasteiger partial charge >= 0.3 is 0 Å². The number of nitrogens with one attached hydrogen (secondary N) is 2. The Morgan fingerprint density at radius 1 is 1.50 bits per heavy atom. The molecule has 1 heterocycles. The van der Waals surface area contributed by atoms with Gasteiger partial charge in [0.25, 0.3) is 6.01 Å². The van der Waals surface area contributed by atoms with Gasteiger partial charge in [-0.05, 0) is 25.0 Å². The van der Waals surface area contributed by atoms with Crippen molar-refractivity contribution >= 4 is 28.7 Å². The molecule has 1 aliphatic carbocycles. The average Bonchev–Trinajstić information content (AvgIpc) is 3.04. The van der Waals surface area contributed by atoms with Gasteiger partial charge in [0.2, 0.25) is 5.91 Å². The summed E-state index contributed by atoms with van der Waals surface area (Å²) in [7, 11) is 0. The van der Waals surface area contributed by atoms with Gasteiger partial charge in [-0.3, -0.25) is 4.79 Å². The number of nitrogen functional groups attached to an aromatic ring is 1. The van der Waals surface area contributed by atoms with Crippen LogP contribution in [0.15, 0.2) is 22.6 Å². The van der Waals surface area contributed by atoms with Crippen molar-refractivity contribution in [1.82, 2.24) is 10.3 Å². The molecule has 1 aromatic carbocycles. The summed E-state index contributed by atoms with van der Waals surface area (Å²) in [6.45, 7) is 0.165. The number of carbonyl (C=O) groups is 1. The minimum atomic E-state index is -0.0423. The normalized spacial score (nSPS) is 14.7. The van der Waals surface area contributed by atoms with Crippen LogP contribution in [0, 0.1) is 0 Å². The van der Waals surface area contributed by atoms with Crippen LogP contribution in [0.5, 0.6) is 0 Å². The fourth-order valence-electron chi connectivity index (χ4n) is 1.68. The van der Waals surface area contributed by atoms with Crippen LogP contribution in [0.1, 0.15) is 12.8 Å². The molecule has 1 amide bonds. The molecular formula is C12H14N4O2. The standard InChI is InChI=1S/C12H14N4O2/c13-7-1-4-9-10(5-7)18-12(16-9)14-6-11(17)15-8-2-3-8/h1,4-5,8H,2-3,6,13H2,(H,14,16)(H,15,17). The SMILES string of the molecule is Nc1ccc2nc(NCC(=O)NC3CC3)oc2c1. The molecule has 4 N–H and O–H groups in total. The Kier molecular flexibility index (Phi) is 2.55. The highest BCUT2D eigenvalue weighted by molar-refractivity contribution is 5.82. The Hall–Kier alpha value is -2.24. The summed E-state index contributed by atoms with van der Waals surface area (Å²) in [5.74, 6) is -0.0423. The van der Waals surface area contributed by atoms with E-state index in [4.69, 9.17) is 10.2 Å². The number of carbonyl (C=O) groups excluding carboxylic acids is 1. The van der Waals surface area contributed by atoms with E-state index in [2.05, 4.69) is 15.6 Å². The van der Waals surface area contributed by atoms with Crippen molar-refractivity contribution in [3.8, 4) is 0 Å². The molecule has 0 spiro atoms. The highest BCUT2D eigenvalue weighted by Gasteiger charge is 2.23. The third-order valence-electron chi connectivity index (χ3n) is 2.76. The van der Waals surface area contributed by atoms with Crippen molar-refractivity contribution in [2.75, 3.05) is 17.6 Å². The van der Waals surface area contributed by atoms with E-state index >= 15 is 0 Å². The van der Waals surface area contributed by atoms with Crippen LogP contribution in [0.3, 0.4) is 0 Å². The Morgan fingerprint density at radius 2 is 2.33 bits per heavy atom. The molecule has 1 saturated carbocycles. The summed E-state index contributed by atoms with van der Waals surface area (Å²) < 4.78 is 5.44. The van der Waals surface area contributed by atoms with Gasteiger partial charge in [-0.2, -0.15) is 4.98 Å². The molecule has 1 fully saturated rings. The van der Waals surface area contributed by atoms with Crippen molar-refractivity contribution < 1.29 is 9.21 Å². The molecular weight excluding hydrogens is 232 g/mol. The molecule has 0 unspecified atom stereocenters. The minimum Gasteiger partial charge on any atom is -0.423 e. The number of rotatable bonds is 4. The Bertz CT molecular complexity index is 589. The number of amides is 1. The predicted molar refractivity (Wildman–Crippen MR) is 68.1 cm³/mol. The van der Waals surface area contributed by atoms with Crippen LogP contribution in [-0.2, 0) is 4.79 Å². The van der Waals surface area contributed by atoms with Crippen LogP contribution in [-0.4, -0.2) is 23.5 Å². The maximum absolute atomic E-state index is 11.5. The quantitative estimate of drug-likeness (QED) is 0.702. The molecule has 0 radical (unpaired) electrons. The summed E-state index contributed by atoms with van der Waals surface area (Å²) in [4.78, 5) is 15.7. The van der Waals surface area contributed by atoms with E-state index in [1.165, 1.54) is 0 Å². The van der Waals surface area contributed by atoms with Crippen molar-refractivity contribution in [2.45, 2.75) is 18.9 Å². The van der Waals surface area contributed by atoms with Crippen LogP contribution < -0.4 is 16.4 Å². The molecule has 18 heavy (non-hydrogen) atoms. The van der Waals surface area contributed by atoms with Gasteiger partial charge in [-0.25, -0.2) is 0 Å². The van der Waals surface area contributed by atoms with Crippen LogP contribution >= 0.6 is 0 Å². The lowest BCUT2D eigenvalue weighted by atomic mass is 10.3. The summed E-state index contributed by atoms with van der Waals surface area (Å²) in [6, 6.07) is 5.94. The number of hydrogen-bond donors (Lipinski definition) is 3. The third kappa shape index (κ3) is 2.37. The monoisotopic (exact) mass is 246 g/mol. The van der Waals surface area contributed by atoms with Crippen LogP contribution in [0.2, 0.25) is 0 Å². The topological polar surface area (TPSA) is 93.2 Å². The highest BCUT2D eigenvalue weighted by atomic mass is 16.4. The molecule has 0 aliphatic heterocycles. The minimum absolute atomic E-state index is 0.0423. The lowest BCUT2D eigenvalue weighted by Crippen LogP contribution is -2.31. The van der Waals surface area contributed by atoms with E-state index in [-0.39, 0.29) is 12.5 Å². The molecule has 1 aliphatic rings. The number of oxazole rings is 1. The van der Waals surface area contributed by atoms with Crippen molar-refractivity contribution in [3.05, 3.63) is 18.2 Å². The molecule has 0 bridgehead atoms. The van der Waals surface area contributed by atoms with E-state index in [1.807, 2.05) is 0 Å². The first-order valence-corrected chi connectivity index (χ1v) is 5.90. The number of hydrogen-bond acceptors (Lipinski definition) is 5. The van der Waals surface area contributed by atoms with Gasteiger partial charge in [-0.1, -0.05) is 0 Å². The summed E-state index contributed by atoms with van der Waals surface area (Å²) in [6.07, 6.45) is 2.15.